The molecular weight excluding hydrogens is 1440 g/mol. The lowest BCUT2D eigenvalue weighted by Crippen LogP contribution is -2.61. The molecule has 578 valence electrons. The van der Waals surface area contributed by atoms with Crippen LogP contribution < -0.4 is 26.2 Å². The van der Waals surface area contributed by atoms with Crippen LogP contribution in [0.4, 0.5) is 34.1 Å². The van der Waals surface area contributed by atoms with Gasteiger partial charge in [-0.1, -0.05) is 322 Å². The summed E-state index contributed by atoms with van der Waals surface area (Å²) in [4.78, 5) is 5.38. The zero-order valence-electron chi connectivity index (χ0n) is 70.8. The maximum Gasteiger partial charge on any atom is 0.252 e. The van der Waals surface area contributed by atoms with Gasteiger partial charge in [0.1, 0.15) is 0 Å². The monoisotopic (exact) mass is 1540 g/mol. The maximum atomic E-state index is 11.2. The summed E-state index contributed by atoms with van der Waals surface area (Å²) in [5.41, 5.74) is 34.5. The van der Waals surface area contributed by atoms with Gasteiger partial charge in [0.2, 0.25) is 0 Å². The fraction of sp³-hybridized carbons (Fsp3) is 0.179. The molecule has 19 rings (SSSR count). The fourth-order valence-electron chi connectivity index (χ4n) is 18.8. The van der Waals surface area contributed by atoms with Gasteiger partial charge in [0.05, 0.1) is 56.7 Å². The lowest BCUT2D eigenvalue weighted by atomic mass is 9.33. The van der Waals surface area contributed by atoms with Crippen molar-refractivity contribution in [3.63, 3.8) is 0 Å². The van der Waals surface area contributed by atoms with E-state index in [2.05, 4.69) is 426 Å². The van der Waals surface area contributed by atoms with Gasteiger partial charge >= 0.3 is 0 Å². The van der Waals surface area contributed by atoms with Gasteiger partial charge in [-0.2, -0.15) is 10.5 Å². The maximum absolute atomic E-state index is 11.2. The van der Waals surface area contributed by atoms with Gasteiger partial charge in [-0.15, -0.1) is 0 Å². The van der Waals surface area contributed by atoms with Crippen LogP contribution in [0.3, 0.4) is 0 Å². The molecule has 7 heteroatoms. The van der Waals surface area contributed by atoms with Crippen molar-refractivity contribution >= 4 is 101 Å². The van der Waals surface area contributed by atoms with Crippen LogP contribution in [0.15, 0.2) is 315 Å². The Morgan fingerprint density at radius 1 is 0.244 bits per heavy atom. The minimum Gasteiger partial charge on any atom is -0.310 e. The third-order valence-corrected chi connectivity index (χ3v) is 25.2. The number of nitrogens with zero attached hydrogens (tertiary/aromatic N) is 6. The van der Waals surface area contributed by atoms with Crippen LogP contribution in [-0.2, 0) is 27.1 Å². The van der Waals surface area contributed by atoms with Gasteiger partial charge in [-0.3, -0.25) is 0 Å². The van der Waals surface area contributed by atoms with Gasteiger partial charge in [0, 0.05) is 77.9 Å². The second-order valence-corrected chi connectivity index (χ2v) is 38.0. The summed E-state index contributed by atoms with van der Waals surface area (Å²) in [5.74, 6) is 0. The molecule has 0 atom stereocenters. The molecule has 0 fully saturated rings. The Morgan fingerprint density at radius 3 is 0.790 bits per heavy atom. The topological polar surface area (TPSA) is 63.9 Å². The highest BCUT2D eigenvalue weighted by Crippen LogP contribution is 2.57. The molecule has 0 bridgehead atoms. The molecule has 2 aromatic heterocycles. The van der Waals surface area contributed by atoms with E-state index >= 15 is 0 Å². The number of hydrogen-bond donors (Lipinski definition) is 0. The lowest BCUT2D eigenvalue weighted by Gasteiger charge is -2.46. The van der Waals surface area contributed by atoms with Crippen LogP contribution in [0.5, 0.6) is 0 Å². The highest BCUT2D eigenvalue weighted by atomic mass is 15.2. The van der Waals surface area contributed by atoms with Crippen molar-refractivity contribution in [1.29, 1.82) is 10.5 Å². The van der Waals surface area contributed by atoms with Crippen molar-refractivity contribution in [1.82, 2.24) is 9.13 Å². The van der Waals surface area contributed by atoms with E-state index in [1.165, 1.54) is 43.8 Å². The summed E-state index contributed by atoms with van der Waals surface area (Å²) in [6.07, 6.45) is 0. The Morgan fingerprint density at radius 2 is 0.513 bits per heavy atom. The van der Waals surface area contributed by atoms with Crippen LogP contribution in [0.2, 0.25) is 0 Å². The molecular formula is C112H97BN6. The van der Waals surface area contributed by atoms with E-state index in [-0.39, 0.29) is 28.4 Å². The van der Waals surface area contributed by atoms with Crippen molar-refractivity contribution in [3.8, 4) is 90.3 Å². The van der Waals surface area contributed by atoms with Crippen molar-refractivity contribution < 1.29 is 0 Å². The van der Waals surface area contributed by atoms with E-state index < -0.39 is 5.41 Å². The van der Waals surface area contributed by atoms with Gasteiger partial charge in [-0.05, 0) is 213 Å². The lowest BCUT2D eigenvalue weighted by molar-refractivity contribution is 0.590. The third-order valence-electron chi connectivity index (χ3n) is 25.2. The summed E-state index contributed by atoms with van der Waals surface area (Å²) in [6.45, 7) is 34.3. The quantitative estimate of drug-likeness (QED) is 0.128. The van der Waals surface area contributed by atoms with Crippen molar-refractivity contribution in [3.05, 3.63) is 354 Å². The predicted molar refractivity (Wildman–Crippen MR) is 505 cm³/mol. The largest absolute Gasteiger partial charge is 0.310 e. The Bertz CT molecular complexity index is 6380. The number of rotatable bonds is 10. The number of anilines is 6. The Labute approximate surface area is 701 Å². The number of aromatic nitrogens is 2. The SMILES string of the molecule is CC(C)(C)c1ccc(-c2cc(-c3ccccc3C#N)cc(-c3ccc(C(C)(C)C)cc3)c2N2c3cc(-n4c5ccccc5c5ccccc54)ccc3B3c4ccc(-n5c6ccccc6c6ccccc65)cc4N(c4c(-c5ccc(C(C)(C)C)cc5)cc(-c5ccccc5C#N)cc4-c4ccc(C(C)(C)C)cc4)c4cc(C(C)(C)C)cc2c43)cc1. The number of para-hydroxylation sites is 4. The van der Waals surface area contributed by atoms with Crippen molar-refractivity contribution in [2.75, 3.05) is 9.80 Å². The van der Waals surface area contributed by atoms with Crippen LogP contribution in [0.25, 0.3) is 122 Å². The molecule has 17 aromatic rings. The zero-order chi connectivity index (χ0) is 82.5. The van der Waals surface area contributed by atoms with Crippen molar-refractivity contribution in [2.24, 2.45) is 0 Å². The molecule has 6 nitrogen and oxygen atoms in total. The Balaban J connectivity index is 1.02. The van der Waals surface area contributed by atoms with E-state index in [1.807, 2.05) is 24.3 Å². The molecule has 0 radical (unpaired) electrons. The van der Waals surface area contributed by atoms with Crippen molar-refractivity contribution in [2.45, 2.75) is 131 Å². The van der Waals surface area contributed by atoms with E-state index in [1.54, 1.807) is 0 Å². The average Bonchev–Trinajstić information content (AvgIpc) is 0.749. The van der Waals surface area contributed by atoms with Crippen LogP contribution >= 0.6 is 0 Å². The minimum atomic E-state index is -0.446. The first-order valence-corrected chi connectivity index (χ1v) is 41.9. The molecule has 0 N–H and O–H groups in total. The first-order valence-electron chi connectivity index (χ1n) is 41.9. The number of fused-ring (bicyclic) bond motifs is 10. The Hall–Kier alpha value is -13.5. The van der Waals surface area contributed by atoms with Crippen LogP contribution in [0.1, 0.15) is 143 Å². The molecule has 4 heterocycles. The molecule has 15 aromatic carbocycles. The molecule has 0 amide bonds. The standard InChI is InChI=1S/C112H97BN6/c1-108(2,3)78-48-40-70(41-49-78)91-60-76(85-30-18-16-28-74(85)68-114)61-92(71-42-50-79(51-43-71)109(4,5)6)106(91)118-101-66-83(116-97-36-24-20-32-87(97)88-33-21-25-37-98(88)116)56-58-95(101)113-96-59-57-84(117-99-38-26-22-34-89(99)90-35-23-27-39-100(90)117)67-102(96)119(104-65-82(112(13,14)15)64-103(118)105(104)113)107-93(72-44-52-80(53-45-72)110(7,8)9)62-77(86-31-19-17-29-75(86)69-115)63-94(107)73-46-54-81(55-47-73)111(10,11)12/h16-67H,1-15H3. The first kappa shape index (κ1) is 75.6. The van der Waals surface area contributed by atoms with E-state index in [9.17, 15) is 10.5 Å². The summed E-state index contributed by atoms with van der Waals surface area (Å²) in [7, 11) is 0. The fourth-order valence-corrected chi connectivity index (χ4v) is 18.8. The highest BCUT2D eigenvalue weighted by Gasteiger charge is 2.47. The predicted octanol–water partition coefficient (Wildman–Crippen LogP) is 28.2. The second kappa shape index (κ2) is 28.2. The molecule has 2 aliphatic rings. The number of nitriles is 2. The van der Waals surface area contributed by atoms with Gasteiger partial charge in [-0.25, -0.2) is 0 Å². The first-order chi connectivity index (χ1) is 57.1. The van der Waals surface area contributed by atoms with Crippen LogP contribution in [0, 0.1) is 22.7 Å². The normalized spacial score (nSPS) is 12.9. The van der Waals surface area contributed by atoms with Gasteiger partial charge < -0.3 is 18.9 Å². The molecule has 0 saturated heterocycles. The molecule has 0 saturated carbocycles. The number of benzene rings is 15. The molecule has 2 aliphatic heterocycles. The molecule has 0 aliphatic carbocycles. The summed E-state index contributed by atoms with van der Waals surface area (Å²) in [5, 5.41) is 27.2. The second-order valence-electron chi connectivity index (χ2n) is 38.0. The van der Waals surface area contributed by atoms with E-state index in [0.29, 0.717) is 11.1 Å². The van der Waals surface area contributed by atoms with Crippen LogP contribution in [-0.4, -0.2) is 15.8 Å². The third kappa shape index (κ3) is 12.8. The summed E-state index contributed by atoms with van der Waals surface area (Å²) < 4.78 is 4.96. The summed E-state index contributed by atoms with van der Waals surface area (Å²) in [6, 6.07) is 124. The molecule has 0 unspecified atom stereocenters. The highest BCUT2D eigenvalue weighted by molar-refractivity contribution is 7.00. The smallest absolute Gasteiger partial charge is 0.252 e. The average molecular weight is 1540 g/mol. The van der Waals surface area contributed by atoms with Gasteiger partial charge in [0.25, 0.3) is 6.71 Å². The molecule has 119 heavy (non-hydrogen) atoms. The minimum absolute atomic E-state index is 0.134. The van der Waals surface area contributed by atoms with E-state index in [0.717, 1.165) is 156 Å². The van der Waals surface area contributed by atoms with Gasteiger partial charge in [0.15, 0.2) is 0 Å². The Kier molecular flexibility index (Phi) is 17.9. The van der Waals surface area contributed by atoms with E-state index in [4.69, 9.17) is 0 Å². The zero-order valence-corrected chi connectivity index (χ0v) is 70.8. The summed E-state index contributed by atoms with van der Waals surface area (Å²) >= 11 is 0. The number of hydrogen-bond acceptors (Lipinski definition) is 4. The molecule has 0 spiro atoms.